The van der Waals surface area contributed by atoms with Crippen molar-refractivity contribution in [2.24, 2.45) is 0 Å². The number of nitrogens with zero attached hydrogens (tertiary/aromatic N) is 4. The van der Waals surface area contributed by atoms with Gasteiger partial charge in [0.1, 0.15) is 0 Å². The molecule has 0 radical (unpaired) electrons. The van der Waals surface area contributed by atoms with Crippen LogP contribution < -0.4 is 0 Å². The maximum absolute atomic E-state index is 10.5. The van der Waals surface area contributed by atoms with Crippen molar-refractivity contribution in [3.05, 3.63) is 94.0 Å². The maximum Gasteiger partial charge on any atom is 0.0995 e. The summed E-state index contributed by atoms with van der Waals surface area (Å²) in [6.07, 6.45) is 4.52. The highest BCUT2D eigenvalue weighted by Gasteiger charge is 2.62. The third kappa shape index (κ3) is 2.20. The van der Waals surface area contributed by atoms with E-state index in [0.717, 1.165) is 36.8 Å². The highest BCUT2D eigenvalue weighted by molar-refractivity contribution is 6.30. The molecular weight excluding hydrogens is 585 g/mol. The summed E-state index contributed by atoms with van der Waals surface area (Å²) in [6.45, 7) is 9.55. The molecule has 48 heavy (non-hydrogen) atoms. The van der Waals surface area contributed by atoms with Crippen molar-refractivity contribution in [2.75, 3.05) is 0 Å². The van der Waals surface area contributed by atoms with Gasteiger partial charge in [-0.05, 0) is 93.9 Å². The highest BCUT2D eigenvalue weighted by Crippen LogP contribution is 2.69. The van der Waals surface area contributed by atoms with Crippen molar-refractivity contribution >= 4 is 76.2 Å². The lowest BCUT2D eigenvalue weighted by molar-refractivity contribution is 0.176. The van der Waals surface area contributed by atoms with Gasteiger partial charge in [0.05, 0.1) is 56.4 Å². The molecule has 4 aromatic heterocycles. The SMILES string of the molecule is CC12CC(C)(C1)c1c2c(C#N)cc2c1c1cccc3c4cc5c(cc4n2c31)c1cccc2c3c4c(c(C#N)cc3n5c12)C1(C)CC4(C)C1. The van der Waals surface area contributed by atoms with Crippen molar-refractivity contribution in [1.82, 2.24) is 8.80 Å². The second-order valence-corrected chi connectivity index (χ2v) is 17.3. The fraction of sp³-hybridized carbons (Fsp3) is 0.273. The van der Waals surface area contributed by atoms with Gasteiger partial charge >= 0.3 is 0 Å². The van der Waals surface area contributed by atoms with Crippen LogP contribution in [0.5, 0.6) is 0 Å². The molecule has 0 unspecified atom stereocenters. The summed E-state index contributed by atoms with van der Waals surface area (Å²) in [5.74, 6) is 0. The zero-order valence-electron chi connectivity index (χ0n) is 27.4. The van der Waals surface area contributed by atoms with Gasteiger partial charge in [-0.3, -0.25) is 0 Å². The molecule has 5 aromatic carbocycles. The van der Waals surface area contributed by atoms with Crippen molar-refractivity contribution < 1.29 is 0 Å². The van der Waals surface area contributed by atoms with Gasteiger partial charge in [0.2, 0.25) is 0 Å². The summed E-state index contributed by atoms with van der Waals surface area (Å²) in [5, 5.41) is 31.3. The number of hydrogen-bond donors (Lipinski definition) is 0. The number of benzene rings is 5. The van der Waals surface area contributed by atoms with E-state index in [2.05, 4.69) is 109 Å². The Morgan fingerprint density at radius 2 is 0.854 bits per heavy atom. The third-order valence-electron chi connectivity index (χ3n) is 14.1. The topological polar surface area (TPSA) is 56.4 Å². The quantitative estimate of drug-likeness (QED) is 0.171. The van der Waals surface area contributed by atoms with Crippen LogP contribution in [0.2, 0.25) is 0 Å². The van der Waals surface area contributed by atoms with Gasteiger partial charge in [0, 0.05) is 43.1 Å². The molecule has 0 aliphatic heterocycles. The minimum Gasteiger partial charge on any atom is -0.308 e. The molecule has 0 spiro atoms. The first kappa shape index (κ1) is 24.8. The first-order chi connectivity index (χ1) is 23.1. The molecule has 2 saturated carbocycles. The maximum atomic E-state index is 10.5. The lowest BCUT2D eigenvalue weighted by Crippen LogP contribution is -2.39. The Morgan fingerprint density at radius 1 is 0.479 bits per heavy atom. The molecule has 4 bridgehead atoms. The van der Waals surface area contributed by atoms with E-state index in [1.807, 2.05) is 0 Å². The van der Waals surface area contributed by atoms with Crippen LogP contribution in [-0.2, 0) is 21.7 Å². The van der Waals surface area contributed by atoms with Gasteiger partial charge in [0.25, 0.3) is 0 Å². The second kappa shape index (κ2) is 6.80. The normalized spacial score (nSPS) is 28.4. The third-order valence-corrected chi connectivity index (χ3v) is 14.1. The second-order valence-electron chi connectivity index (χ2n) is 17.3. The van der Waals surface area contributed by atoms with Crippen LogP contribution in [0, 0.1) is 22.7 Å². The summed E-state index contributed by atoms with van der Waals surface area (Å²) in [5.41, 5.74) is 14.9. The number of nitriles is 2. The van der Waals surface area contributed by atoms with Gasteiger partial charge in [-0.2, -0.15) is 10.5 Å². The molecule has 4 heteroatoms. The molecule has 0 atom stereocenters. The van der Waals surface area contributed by atoms with E-state index < -0.39 is 0 Å². The van der Waals surface area contributed by atoms with Crippen LogP contribution >= 0.6 is 0 Å². The van der Waals surface area contributed by atoms with Crippen molar-refractivity contribution in [3.8, 4) is 12.1 Å². The number of rotatable bonds is 0. The van der Waals surface area contributed by atoms with Crippen molar-refractivity contribution in [1.29, 1.82) is 10.5 Å². The van der Waals surface area contributed by atoms with Gasteiger partial charge in [-0.1, -0.05) is 64.1 Å². The van der Waals surface area contributed by atoms with E-state index in [1.165, 1.54) is 98.4 Å². The molecule has 4 nitrogen and oxygen atoms in total. The Balaban J connectivity index is 1.23. The minimum absolute atomic E-state index is 0.105. The summed E-state index contributed by atoms with van der Waals surface area (Å²) in [6, 6.07) is 28.1. The lowest BCUT2D eigenvalue weighted by atomic mass is 9.60. The predicted octanol–water partition coefficient (Wildman–Crippen LogP) is 10.4. The van der Waals surface area contributed by atoms with Crippen LogP contribution in [-0.4, -0.2) is 8.80 Å². The van der Waals surface area contributed by atoms with Crippen molar-refractivity contribution in [2.45, 2.75) is 75.0 Å². The first-order valence-corrected chi connectivity index (χ1v) is 17.4. The van der Waals surface area contributed by atoms with Gasteiger partial charge in [0.15, 0.2) is 0 Å². The highest BCUT2D eigenvalue weighted by atomic mass is 14.9. The van der Waals surface area contributed by atoms with Crippen molar-refractivity contribution in [3.63, 3.8) is 0 Å². The molecule has 226 valence electrons. The monoisotopic (exact) mass is 614 g/mol. The number of para-hydroxylation sites is 2. The molecule has 4 heterocycles. The van der Waals surface area contributed by atoms with E-state index in [1.54, 1.807) is 0 Å². The van der Waals surface area contributed by atoms with Gasteiger partial charge in [-0.15, -0.1) is 0 Å². The number of fused-ring (bicyclic) bond motifs is 12. The summed E-state index contributed by atoms with van der Waals surface area (Å²) in [4.78, 5) is 0. The summed E-state index contributed by atoms with van der Waals surface area (Å²) in [7, 11) is 0. The summed E-state index contributed by atoms with van der Waals surface area (Å²) < 4.78 is 4.94. The van der Waals surface area contributed by atoms with Crippen LogP contribution in [0.15, 0.2) is 60.7 Å². The van der Waals surface area contributed by atoms with Gasteiger partial charge in [-0.25, -0.2) is 0 Å². The Morgan fingerprint density at radius 3 is 1.25 bits per heavy atom. The molecule has 6 aliphatic rings. The van der Waals surface area contributed by atoms with E-state index >= 15 is 0 Å². The van der Waals surface area contributed by atoms with Crippen LogP contribution in [0.3, 0.4) is 0 Å². The minimum atomic E-state index is 0.105. The van der Waals surface area contributed by atoms with E-state index in [-0.39, 0.29) is 21.7 Å². The van der Waals surface area contributed by atoms with E-state index in [0.29, 0.717) is 0 Å². The van der Waals surface area contributed by atoms with E-state index in [9.17, 15) is 10.5 Å². The first-order valence-electron chi connectivity index (χ1n) is 17.4. The Kier molecular flexibility index (Phi) is 3.52. The zero-order chi connectivity index (χ0) is 32.0. The molecule has 15 rings (SSSR count). The largest absolute Gasteiger partial charge is 0.308 e. The predicted molar refractivity (Wildman–Crippen MR) is 193 cm³/mol. The zero-order valence-corrected chi connectivity index (χ0v) is 27.4. The van der Waals surface area contributed by atoms with Crippen LogP contribution in [0.1, 0.15) is 86.8 Å². The molecule has 0 amide bonds. The molecular formula is C44H30N4. The Labute approximate surface area is 276 Å². The Bertz CT molecular complexity index is 2970. The average molecular weight is 615 g/mol. The van der Waals surface area contributed by atoms with Crippen LogP contribution in [0.25, 0.3) is 76.2 Å². The molecule has 0 N–H and O–H groups in total. The summed E-state index contributed by atoms with van der Waals surface area (Å²) >= 11 is 0. The van der Waals surface area contributed by atoms with Crippen LogP contribution in [0.4, 0.5) is 0 Å². The number of aromatic nitrogens is 2. The Hall–Kier alpha value is -5.32. The molecule has 2 fully saturated rings. The fourth-order valence-electron chi connectivity index (χ4n) is 13.4. The van der Waals surface area contributed by atoms with Gasteiger partial charge < -0.3 is 8.80 Å². The number of hydrogen-bond acceptors (Lipinski definition) is 2. The molecule has 9 aromatic rings. The fourth-order valence-corrected chi connectivity index (χ4v) is 13.4. The average Bonchev–Trinajstić information content (AvgIpc) is 3.89. The standard InChI is InChI=1S/C44H30N4/c1-41-17-43(3,18-41)37-33-25-9-5-7-23-27-14-30-28(13-29(27)47(39(23)25)31(33)11-21(15-45)35(37)41)24-8-6-10-26-34-32(48(30)40(24)26)12-22(16-46)36-38(34)44(4)19-42(36,2)20-44/h5-14H,17-20H2,1-4H3. The van der Waals surface area contributed by atoms with E-state index in [4.69, 9.17) is 0 Å². The lowest BCUT2D eigenvalue weighted by Gasteiger charge is -2.44. The smallest absolute Gasteiger partial charge is 0.0995 e. The molecule has 0 saturated heterocycles. The molecule has 6 aliphatic carbocycles.